The van der Waals surface area contributed by atoms with E-state index in [2.05, 4.69) is 0 Å². The number of fused-ring (bicyclic) bond motifs is 3. The number of hydrogen-bond acceptors (Lipinski definition) is 4. The first-order chi connectivity index (χ1) is 9.72. The molecular formula is C16H14O4. The van der Waals surface area contributed by atoms with Crippen LogP contribution in [0.15, 0.2) is 30.3 Å². The largest absolute Gasteiger partial charge is 0.493 e. The zero-order chi connectivity index (χ0) is 14.3. The molecular weight excluding hydrogens is 256 g/mol. The highest BCUT2D eigenvalue weighted by Crippen LogP contribution is 2.49. The third-order valence-corrected chi connectivity index (χ3v) is 3.52. The van der Waals surface area contributed by atoms with Gasteiger partial charge in [0.15, 0.2) is 17.3 Å². The SMILES string of the molecule is COc1cc2c(c(OC)c1OC)C(=O)c1ccccc1-2. The molecule has 2 aromatic carbocycles. The summed E-state index contributed by atoms with van der Waals surface area (Å²) in [7, 11) is 4.61. The van der Waals surface area contributed by atoms with E-state index in [1.165, 1.54) is 14.2 Å². The topological polar surface area (TPSA) is 44.8 Å². The number of ketones is 1. The van der Waals surface area contributed by atoms with Crippen molar-refractivity contribution in [3.63, 3.8) is 0 Å². The van der Waals surface area contributed by atoms with Crippen LogP contribution >= 0.6 is 0 Å². The number of carbonyl (C=O) groups excluding carboxylic acids is 1. The van der Waals surface area contributed by atoms with Gasteiger partial charge in [0.1, 0.15) is 0 Å². The summed E-state index contributed by atoms with van der Waals surface area (Å²) >= 11 is 0. The molecule has 0 unspecified atom stereocenters. The fraction of sp³-hybridized carbons (Fsp3) is 0.188. The van der Waals surface area contributed by atoms with E-state index in [1.807, 2.05) is 30.3 Å². The lowest BCUT2D eigenvalue weighted by atomic mass is 10.0. The fourth-order valence-corrected chi connectivity index (χ4v) is 2.64. The van der Waals surface area contributed by atoms with Crippen molar-refractivity contribution < 1.29 is 19.0 Å². The molecule has 0 N–H and O–H groups in total. The Morgan fingerprint density at radius 2 is 1.45 bits per heavy atom. The first-order valence-corrected chi connectivity index (χ1v) is 6.20. The molecule has 0 aliphatic heterocycles. The molecule has 2 aromatic rings. The van der Waals surface area contributed by atoms with Crippen LogP contribution in [0.5, 0.6) is 17.2 Å². The van der Waals surface area contributed by atoms with E-state index in [1.54, 1.807) is 7.11 Å². The smallest absolute Gasteiger partial charge is 0.204 e. The van der Waals surface area contributed by atoms with Gasteiger partial charge in [-0.2, -0.15) is 0 Å². The van der Waals surface area contributed by atoms with E-state index in [0.717, 1.165) is 11.1 Å². The number of ether oxygens (including phenoxy) is 3. The summed E-state index contributed by atoms with van der Waals surface area (Å²) < 4.78 is 16.1. The van der Waals surface area contributed by atoms with Crippen molar-refractivity contribution in [2.75, 3.05) is 21.3 Å². The van der Waals surface area contributed by atoms with Crippen LogP contribution in [-0.4, -0.2) is 27.1 Å². The van der Waals surface area contributed by atoms with Gasteiger partial charge in [0.25, 0.3) is 0 Å². The Kier molecular flexibility index (Phi) is 2.86. The maximum atomic E-state index is 12.6. The molecule has 0 atom stereocenters. The zero-order valence-electron chi connectivity index (χ0n) is 11.5. The minimum Gasteiger partial charge on any atom is -0.493 e. The second-order valence-corrected chi connectivity index (χ2v) is 4.44. The van der Waals surface area contributed by atoms with Crippen molar-refractivity contribution in [2.24, 2.45) is 0 Å². The Morgan fingerprint density at radius 3 is 2.05 bits per heavy atom. The second-order valence-electron chi connectivity index (χ2n) is 4.44. The molecule has 0 spiro atoms. The summed E-state index contributed by atoms with van der Waals surface area (Å²) in [6, 6.07) is 9.31. The van der Waals surface area contributed by atoms with Gasteiger partial charge >= 0.3 is 0 Å². The molecule has 1 aliphatic carbocycles. The highest BCUT2D eigenvalue weighted by atomic mass is 16.5. The van der Waals surface area contributed by atoms with Crippen LogP contribution in [0.25, 0.3) is 11.1 Å². The van der Waals surface area contributed by atoms with E-state index in [9.17, 15) is 4.79 Å². The Balaban J connectivity index is 2.38. The van der Waals surface area contributed by atoms with Crippen LogP contribution in [-0.2, 0) is 0 Å². The van der Waals surface area contributed by atoms with Crippen molar-refractivity contribution in [3.8, 4) is 28.4 Å². The van der Waals surface area contributed by atoms with E-state index in [4.69, 9.17) is 14.2 Å². The Morgan fingerprint density at radius 1 is 0.800 bits per heavy atom. The normalized spacial score (nSPS) is 11.8. The monoisotopic (exact) mass is 270 g/mol. The lowest BCUT2D eigenvalue weighted by Gasteiger charge is -2.15. The molecule has 0 heterocycles. The van der Waals surface area contributed by atoms with Crippen LogP contribution in [0.2, 0.25) is 0 Å². The molecule has 1 aliphatic rings. The quantitative estimate of drug-likeness (QED) is 0.734. The van der Waals surface area contributed by atoms with E-state index in [-0.39, 0.29) is 5.78 Å². The molecule has 20 heavy (non-hydrogen) atoms. The average Bonchev–Trinajstić information content (AvgIpc) is 2.78. The average molecular weight is 270 g/mol. The van der Waals surface area contributed by atoms with E-state index >= 15 is 0 Å². The van der Waals surface area contributed by atoms with Gasteiger partial charge in [-0.05, 0) is 11.6 Å². The first kappa shape index (κ1) is 12.5. The van der Waals surface area contributed by atoms with Gasteiger partial charge in [-0.25, -0.2) is 0 Å². The summed E-state index contributed by atoms with van der Waals surface area (Å²) in [6.45, 7) is 0. The molecule has 0 amide bonds. The molecule has 0 saturated heterocycles. The summed E-state index contributed by atoms with van der Waals surface area (Å²) in [5.41, 5.74) is 2.93. The van der Waals surface area contributed by atoms with Gasteiger partial charge in [-0.1, -0.05) is 24.3 Å². The number of benzene rings is 2. The number of carbonyl (C=O) groups is 1. The van der Waals surface area contributed by atoms with Crippen molar-refractivity contribution in [2.45, 2.75) is 0 Å². The molecule has 4 nitrogen and oxygen atoms in total. The molecule has 0 fully saturated rings. The summed E-state index contributed by atoms with van der Waals surface area (Å²) in [6.07, 6.45) is 0. The highest BCUT2D eigenvalue weighted by Gasteiger charge is 2.33. The van der Waals surface area contributed by atoms with Crippen LogP contribution in [0.1, 0.15) is 15.9 Å². The zero-order valence-corrected chi connectivity index (χ0v) is 11.5. The standard InChI is InChI=1S/C16H14O4/c1-18-12-8-11-9-6-4-5-7-10(9)14(17)13(11)16(20-3)15(12)19-2/h4-8H,1-3H3. The molecule has 0 aromatic heterocycles. The van der Waals surface area contributed by atoms with Crippen LogP contribution < -0.4 is 14.2 Å². The van der Waals surface area contributed by atoms with Crippen LogP contribution in [0, 0.1) is 0 Å². The van der Waals surface area contributed by atoms with Crippen molar-refractivity contribution in [3.05, 3.63) is 41.5 Å². The second kappa shape index (κ2) is 4.56. The maximum absolute atomic E-state index is 12.6. The molecule has 0 bridgehead atoms. The van der Waals surface area contributed by atoms with Gasteiger partial charge in [0, 0.05) is 11.1 Å². The van der Waals surface area contributed by atoms with Crippen LogP contribution in [0.4, 0.5) is 0 Å². The first-order valence-electron chi connectivity index (χ1n) is 6.20. The molecule has 4 heteroatoms. The highest BCUT2D eigenvalue weighted by molar-refractivity contribution is 6.23. The Labute approximate surface area is 116 Å². The fourth-order valence-electron chi connectivity index (χ4n) is 2.64. The number of rotatable bonds is 3. The third-order valence-electron chi connectivity index (χ3n) is 3.52. The lowest BCUT2D eigenvalue weighted by molar-refractivity contribution is 0.104. The molecule has 102 valence electrons. The minimum absolute atomic E-state index is 0.0478. The minimum atomic E-state index is -0.0478. The van der Waals surface area contributed by atoms with Gasteiger partial charge in [-0.15, -0.1) is 0 Å². The van der Waals surface area contributed by atoms with Gasteiger partial charge in [0.2, 0.25) is 5.75 Å². The maximum Gasteiger partial charge on any atom is 0.204 e. The van der Waals surface area contributed by atoms with E-state index in [0.29, 0.717) is 28.4 Å². The van der Waals surface area contributed by atoms with Gasteiger partial charge in [0.05, 0.1) is 26.9 Å². The summed E-state index contributed by atoms with van der Waals surface area (Å²) in [5.74, 6) is 1.36. The number of hydrogen-bond donors (Lipinski definition) is 0. The molecule has 0 radical (unpaired) electrons. The molecule has 0 saturated carbocycles. The third kappa shape index (κ3) is 1.51. The van der Waals surface area contributed by atoms with Gasteiger partial charge in [-0.3, -0.25) is 4.79 Å². The van der Waals surface area contributed by atoms with Crippen molar-refractivity contribution >= 4 is 5.78 Å². The van der Waals surface area contributed by atoms with Crippen molar-refractivity contribution in [1.29, 1.82) is 0 Å². The molecule has 3 rings (SSSR count). The van der Waals surface area contributed by atoms with Gasteiger partial charge < -0.3 is 14.2 Å². The van der Waals surface area contributed by atoms with Crippen molar-refractivity contribution in [1.82, 2.24) is 0 Å². The summed E-state index contributed by atoms with van der Waals surface area (Å²) in [5, 5.41) is 0. The van der Waals surface area contributed by atoms with Crippen LogP contribution in [0.3, 0.4) is 0 Å². The predicted octanol–water partition coefficient (Wildman–Crippen LogP) is 2.92. The number of methoxy groups -OCH3 is 3. The summed E-state index contributed by atoms with van der Waals surface area (Å²) in [4.78, 5) is 12.6. The predicted molar refractivity (Wildman–Crippen MR) is 75.0 cm³/mol. The lowest BCUT2D eigenvalue weighted by Crippen LogP contribution is -2.02. The van der Waals surface area contributed by atoms with E-state index < -0.39 is 0 Å². The Bertz CT molecular complexity index is 704. The Hall–Kier alpha value is -2.49.